The molecule has 2 aromatic heterocycles. The van der Waals surface area contributed by atoms with Crippen LogP contribution in [0.2, 0.25) is 0 Å². The Hall–Kier alpha value is -3.66. The van der Waals surface area contributed by atoms with E-state index in [2.05, 4.69) is 42.5 Å². The number of anilines is 3. The lowest BCUT2D eigenvalue weighted by Crippen LogP contribution is -2.17. The monoisotopic (exact) mass is 371 g/mol. The van der Waals surface area contributed by atoms with Gasteiger partial charge in [-0.05, 0) is 43.5 Å². The predicted molar refractivity (Wildman–Crippen MR) is 111 cm³/mol. The van der Waals surface area contributed by atoms with Gasteiger partial charge in [0.2, 0.25) is 0 Å². The SMILES string of the molecule is Cc1cccc(Nc2[nH]nc(N=Cc3cncc(N4CCCC4)c3)c2C#N)c1. The Morgan fingerprint density at radius 3 is 2.89 bits per heavy atom. The summed E-state index contributed by atoms with van der Waals surface area (Å²) in [6, 6.07) is 12.2. The van der Waals surface area contributed by atoms with Crippen molar-refractivity contribution in [1.82, 2.24) is 15.2 Å². The van der Waals surface area contributed by atoms with Crippen molar-refractivity contribution >= 4 is 29.2 Å². The highest BCUT2D eigenvalue weighted by atomic mass is 15.2. The third kappa shape index (κ3) is 3.86. The molecule has 0 saturated carbocycles. The smallest absolute Gasteiger partial charge is 0.193 e. The van der Waals surface area contributed by atoms with Crippen LogP contribution in [-0.4, -0.2) is 34.5 Å². The van der Waals surface area contributed by atoms with Gasteiger partial charge in [0.05, 0.1) is 11.9 Å². The summed E-state index contributed by atoms with van der Waals surface area (Å²) in [5, 5.41) is 19.8. The highest BCUT2D eigenvalue weighted by Gasteiger charge is 2.14. The largest absolute Gasteiger partial charge is 0.370 e. The number of aromatic nitrogens is 3. The van der Waals surface area contributed by atoms with E-state index >= 15 is 0 Å². The maximum Gasteiger partial charge on any atom is 0.193 e. The van der Waals surface area contributed by atoms with Crippen LogP contribution in [0.4, 0.5) is 23.0 Å². The van der Waals surface area contributed by atoms with Crippen LogP contribution >= 0.6 is 0 Å². The average Bonchev–Trinajstić information content (AvgIpc) is 3.37. The quantitative estimate of drug-likeness (QED) is 0.659. The van der Waals surface area contributed by atoms with Gasteiger partial charge in [-0.3, -0.25) is 10.1 Å². The maximum absolute atomic E-state index is 9.56. The molecule has 1 aromatic carbocycles. The fraction of sp³-hybridized carbons (Fsp3) is 0.238. The average molecular weight is 371 g/mol. The summed E-state index contributed by atoms with van der Waals surface area (Å²) in [6.45, 7) is 4.14. The number of pyridine rings is 1. The number of hydrogen-bond donors (Lipinski definition) is 2. The molecule has 1 fully saturated rings. The first-order valence-corrected chi connectivity index (χ1v) is 9.29. The first-order valence-electron chi connectivity index (χ1n) is 9.29. The summed E-state index contributed by atoms with van der Waals surface area (Å²) < 4.78 is 0. The second-order valence-electron chi connectivity index (χ2n) is 6.83. The van der Waals surface area contributed by atoms with Crippen molar-refractivity contribution in [2.24, 2.45) is 4.99 Å². The van der Waals surface area contributed by atoms with Gasteiger partial charge in [-0.2, -0.15) is 10.4 Å². The Balaban J connectivity index is 1.54. The van der Waals surface area contributed by atoms with Crippen molar-refractivity contribution in [3.05, 3.63) is 59.4 Å². The first kappa shape index (κ1) is 17.7. The molecule has 4 rings (SSSR count). The zero-order valence-corrected chi connectivity index (χ0v) is 15.7. The van der Waals surface area contributed by atoms with E-state index in [-0.39, 0.29) is 0 Å². The van der Waals surface area contributed by atoms with Gasteiger partial charge in [0, 0.05) is 36.8 Å². The minimum atomic E-state index is 0.351. The second kappa shape index (κ2) is 7.92. The Labute approximate surface area is 163 Å². The van der Waals surface area contributed by atoms with Gasteiger partial charge in [-0.15, -0.1) is 0 Å². The number of nitriles is 1. The highest BCUT2D eigenvalue weighted by molar-refractivity contribution is 5.84. The van der Waals surface area contributed by atoms with Crippen molar-refractivity contribution in [3.63, 3.8) is 0 Å². The third-order valence-electron chi connectivity index (χ3n) is 4.70. The van der Waals surface area contributed by atoms with Crippen LogP contribution in [0.15, 0.2) is 47.7 Å². The van der Waals surface area contributed by atoms with Crippen molar-refractivity contribution in [2.45, 2.75) is 19.8 Å². The van der Waals surface area contributed by atoms with Crippen LogP contribution in [0.25, 0.3) is 0 Å². The summed E-state index contributed by atoms with van der Waals surface area (Å²) in [5.41, 5.74) is 4.38. The molecule has 3 aromatic rings. The zero-order valence-electron chi connectivity index (χ0n) is 15.7. The van der Waals surface area contributed by atoms with Gasteiger partial charge in [-0.25, -0.2) is 4.99 Å². The molecule has 3 heterocycles. The van der Waals surface area contributed by atoms with Gasteiger partial charge in [0.25, 0.3) is 0 Å². The molecule has 0 radical (unpaired) electrons. The number of nitrogens with one attached hydrogen (secondary N) is 2. The summed E-state index contributed by atoms with van der Waals surface area (Å²) in [7, 11) is 0. The zero-order chi connectivity index (χ0) is 19.3. The summed E-state index contributed by atoms with van der Waals surface area (Å²) in [4.78, 5) is 11.0. The van der Waals surface area contributed by atoms with E-state index in [0.717, 1.165) is 35.6 Å². The molecule has 1 aliphatic heterocycles. The van der Waals surface area contributed by atoms with Crippen molar-refractivity contribution in [3.8, 4) is 6.07 Å². The number of aryl methyl sites for hydroxylation is 1. The van der Waals surface area contributed by atoms with Crippen LogP contribution in [0.5, 0.6) is 0 Å². The Kier molecular flexibility index (Phi) is 5.02. The van der Waals surface area contributed by atoms with E-state index in [0.29, 0.717) is 17.2 Å². The number of nitrogens with zero attached hydrogens (tertiary/aromatic N) is 5. The maximum atomic E-state index is 9.56. The molecule has 0 unspecified atom stereocenters. The van der Waals surface area contributed by atoms with Gasteiger partial charge in [0.15, 0.2) is 5.82 Å². The van der Waals surface area contributed by atoms with E-state index < -0.39 is 0 Å². The Morgan fingerprint density at radius 2 is 2.11 bits per heavy atom. The number of aliphatic imine (C=N–C) groups is 1. The molecule has 28 heavy (non-hydrogen) atoms. The molecule has 0 aliphatic carbocycles. The van der Waals surface area contributed by atoms with Crippen LogP contribution < -0.4 is 10.2 Å². The fourth-order valence-corrected chi connectivity index (χ4v) is 3.29. The number of aromatic amines is 1. The first-order chi connectivity index (χ1) is 13.7. The normalized spacial score (nSPS) is 13.8. The Bertz CT molecular complexity index is 1040. The highest BCUT2D eigenvalue weighted by Crippen LogP contribution is 2.26. The molecule has 0 atom stereocenters. The minimum absolute atomic E-state index is 0.351. The van der Waals surface area contributed by atoms with E-state index in [1.165, 1.54) is 12.8 Å². The van der Waals surface area contributed by atoms with Gasteiger partial charge >= 0.3 is 0 Å². The van der Waals surface area contributed by atoms with Crippen molar-refractivity contribution in [1.29, 1.82) is 5.26 Å². The van der Waals surface area contributed by atoms with Crippen LogP contribution in [0.1, 0.15) is 29.5 Å². The molecule has 1 aliphatic rings. The lowest BCUT2D eigenvalue weighted by Gasteiger charge is -2.16. The second-order valence-corrected chi connectivity index (χ2v) is 6.83. The third-order valence-corrected chi connectivity index (χ3v) is 4.70. The van der Waals surface area contributed by atoms with Crippen LogP contribution in [0, 0.1) is 18.3 Å². The van der Waals surface area contributed by atoms with Crippen molar-refractivity contribution < 1.29 is 0 Å². The van der Waals surface area contributed by atoms with E-state index in [1.807, 2.05) is 37.4 Å². The van der Waals surface area contributed by atoms with Gasteiger partial charge in [-0.1, -0.05) is 12.1 Å². The number of rotatable bonds is 5. The molecule has 140 valence electrons. The lowest BCUT2D eigenvalue weighted by atomic mass is 10.2. The summed E-state index contributed by atoms with van der Waals surface area (Å²) in [6.07, 6.45) is 7.76. The molecule has 0 spiro atoms. The van der Waals surface area contributed by atoms with Gasteiger partial charge < -0.3 is 10.2 Å². The van der Waals surface area contributed by atoms with E-state index in [1.54, 1.807) is 12.4 Å². The summed E-state index contributed by atoms with van der Waals surface area (Å²) in [5.74, 6) is 0.883. The number of benzene rings is 1. The molecular weight excluding hydrogens is 350 g/mol. The molecule has 2 N–H and O–H groups in total. The fourth-order valence-electron chi connectivity index (χ4n) is 3.29. The topological polar surface area (TPSA) is 93.0 Å². The molecule has 7 heteroatoms. The van der Waals surface area contributed by atoms with Gasteiger partial charge in [0.1, 0.15) is 17.5 Å². The van der Waals surface area contributed by atoms with E-state index in [4.69, 9.17) is 0 Å². The molecule has 1 saturated heterocycles. The minimum Gasteiger partial charge on any atom is -0.370 e. The standard InChI is InChI=1S/C21H21N7/c1-15-5-4-6-17(9-15)25-21-19(11-22)20(26-27-21)24-13-16-10-18(14-23-12-16)28-7-2-3-8-28/h4-6,9-10,12-14H,2-3,7-8H2,1H3,(H2,25,26,27). The molecule has 0 amide bonds. The van der Waals surface area contributed by atoms with Crippen LogP contribution in [-0.2, 0) is 0 Å². The number of hydrogen-bond acceptors (Lipinski definition) is 6. The predicted octanol–water partition coefficient (Wildman–Crippen LogP) is 4.08. The van der Waals surface area contributed by atoms with Crippen LogP contribution in [0.3, 0.4) is 0 Å². The molecule has 0 bridgehead atoms. The van der Waals surface area contributed by atoms with Crippen molar-refractivity contribution in [2.75, 3.05) is 23.3 Å². The summed E-state index contributed by atoms with van der Waals surface area (Å²) >= 11 is 0. The number of H-pyrrole nitrogens is 1. The molecule has 7 nitrogen and oxygen atoms in total. The molecular formula is C21H21N7. The van der Waals surface area contributed by atoms with E-state index in [9.17, 15) is 5.26 Å². The lowest BCUT2D eigenvalue weighted by molar-refractivity contribution is 0.949. The Morgan fingerprint density at radius 1 is 1.25 bits per heavy atom.